The summed E-state index contributed by atoms with van der Waals surface area (Å²) < 4.78 is 0.993. The first kappa shape index (κ1) is 15.8. The Balaban J connectivity index is 2.12. The van der Waals surface area contributed by atoms with E-state index in [9.17, 15) is 4.79 Å². The van der Waals surface area contributed by atoms with Crippen LogP contribution in [0, 0.1) is 0 Å². The average molecular weight is 369 g/mol. The Labute approximate surface area is 136 Å². The van der Waals surface area contributed by atoms with Crippen molar-refractivity contribution < 1.29 is 4.79 Å². The van der Waals surface area contributed by atoms with Crippen LogP contribution in [0.1, 0.15) is 22.2 Å². The molecule has 1 aromatic carbocycles. The number of halogens is 1. The Kier molecular flexibility index (Phi) is 5.19. The van der Waals surface area contributed by atoms with Gasteiger partial charge in [-0.1, -0.05) is 39.4 Å². The van der Waals surface area contributed by atoms with Gasteiger partial charge in [0.2, 0.25) is 0 Å². The monoisotopic (exact) mass is 368 g/mol. The second-order valence-corrected chi connectivity index (χ2v) is 6.47. The molecule has 0 atom stereocenters. The van der Waals surface area contributed by atoms with E-state index in [1.54, 1.807) is 11.9 Å². The van der Waals surface area contributed by atoms with E-state index in [1.165, 1.54) is 11.3 Å². The Morgan fingerprint density at radius 2 is 2.29 bits per heavy atom. The van der Waals surface area contributed by atoms with Gasteiger partial charge in [-0.15, -0.1) is 0 Å². The van der Waals surface area contributed by atoms with Crippen molar-refractivity contribution in [1.29, 1.82) is 0 Å². The summed E-state index contributed by atoms with van der Waals surface area (Å²) in [4.78, 5) is 18.7. The van der Waals surface area contributed by atoms with Crippen LogP contribution in [-0.4, -0.2) is 29.4 Å². The molecule has 0 aliphatic carbocycles. The van der Waals surface area contributed by atoms with Gasteiger partial charge in [0, 0.05) is 24.6 Å². The predicted molar refractivity (Wildman–Crippen MR) is 90.6 cm³/mol. The number of nitrogens with one attached hydrogen (secondary N) is 1. The predicted octanol–water partition coefficient (Wildman–Crippen LogP) is 3.19. The normalized spacial score (nSPS) is 10.4. The van der Waals surface area contributed by atoms with E-state index in [4.69, 9.17) is 5.73 Å². The number of nitrogens with zero attached hydrogens (tertiary/aromatic N) is 2. The first-order valence-electron chi connectivity index (χ1n) is 6.51. The van der Waals surface area contributed by atoms with E-state index < -0.39 is 0 Å². The second-order valence-electron chi connectivity index (χ2n) is 4.55. The van der Waals surface area contributed by atoms with E-state index in [-0.39, 0.29) is 11.7 Å². The number of nitrogens with two attached hydrogens (primary N) is 1. The van der Waals surface area contributed by atoms with Gasteiger partial charge >= 0.3 is 0 Å². The van der Waals surface area contributed by atoms with Gasteiger partial charge in [-0.25, -0.2) is 4.98 Å². The molecule has 3 N–H and O–H groups in total. The number of hydrogen-bond donors (Lipinski definition) is 2. The molecule has 0 saturated carbocycles. The topological polar surface area (TPSA) is 71.2 Å². The summed E-state index contributed by atoms with van der Waals surface area (Å²) in [5.41, 5.74) is 6.88. The highest BCUT2D eigenvalue weighted by Crippen LogP contribution is 2.26. The highest BCUT2D eigenvalue weighted by atomic mass is 79.9. The summed E-state index contributed by atoms with van der Waals surface area (Å²) in [6.45, 7) is 3.24. The average Bonchev–Trinajstić information content (AvgIpc) is 2.79. The lowest BCUT2D eigenvalue weighted by molar-refractivity contribution is 0.0790. The van der Waals surface area contributed by atoms with E-state index in [0.717, 1.165) is 16.6 Å². The molecule has 1 amide bonds. The minimum atomic E-state index is -0.117. The summed E-state index contributed by atoms with van der Waals surface area (Å²) in [5, 5.41) is 3.75. The summed E-state index contributed by atoms with van der Waals surface area (Å²) >= 11 is 4.71. The number of rotatable bonds is 5. The lowest BCUT2D eigenvalue weighted by Gasteiger charge is -2.16. The van der Waals surface area contributed by atoms with Gasteiger partial charge in [0.05, 0.1) is 0 Å². The van der Waals surface area contributed by atoms with Crippen LogP contribution in [-0.2, 0) is 6.54 Å². The van der Waals surface area contributed by atoms with Crippen LogP contribution >= 0.6 is 27.3 Å². The standard InChI is InChI=1S/C14H17BrN4OS/c1-3-17-14-18-12(16)11(21-14)13(20)19(2)8-9-5-4-6-10(15)7-9/h4-7H,3,8,16H2,1-2H3,(H,17,18). The maximum atomic E-state index is 12.4. The zero-order valence-electron chi connectivity index (χ0n) is 11.9. The fourth-order valence-corrected chi connectivity index (χ4v) is 3.26. The van der Waals surface area contributed by atoms with Crippen molar-refractivity contribution >= 4 is 44.1 Å². The number of benzene rings is 1. The number of nitrogen functional groups attached to an aromatic ring is 1. The van der Waals surface area contributed by atoms with Gasteiger partial charge in [-0.2, -0.15) is 0 Å². The lowest BCUT2D eigenvalue weighted by Crippen LogP contribution is -2.26. The third-order valence-corrected chi connectivity index (χ3v) is 4.34. The van der Waals surface area contributed by atoms with Gasteiger partial charge in [0.15, 0.2) is 5.13 Å². The summed E-state index contributed by atoms with van der Waals surface area (Å²) in [7, 11) is 1.76. The molecule has 2 aromatic rings. The molecule has 0 bridgehead atoms. The maximum Gasteiger partial charge on any atom is 0.267 e. The van der Waals surface area contributed by atoms with Gasteiger partial charge < -0.3 is 16.0 Å². The Bertz CT molecular complexity index is 644. The van der Waals surface area contributed by atoms with Crippen LogP contribution in [0.5, 0.6) is 0 Å². The molecule has 112 valence electrons. The van der Waals surface area contributed by atoms with E-state index in [2.05, 4.69) is 26.2 Å². The molecule has 0 aliphatic rings. The van der Waals surface area contributed by atoms with Gasteiger partial charge in [0.25, 0.3) is 5.91 Å². The van der Waals surface area contributed by atoms with E-state index >= 15 is 0 Å². The molecular formula is C14H17BrN4OS. The molecule has 1 aromatic heterocycles. The van der Waals surface area contributed by atoms with Gasteiger partial charge in [0.1, 0.15) is 10.7 Å². The molecule has 0 fully saturated rings. The van der Waals surface area contributed by atoms with E-state index in [1.807, 2.05) is 31.2 Å². The number of hydrogen-bond acceptors (Lipinski definition) is 5. The molecule has 0 aliphatic heterocycles. The Morgan fingerprint density at radius 1 is 1.52 bits per heavy atom. The van der Waals surface area contributed by atoms with Crippen molar-refractivity contribution in [1.82, 2.24) is 9.88 Å². The smallest absolute Gasteiger partial charge is 0.267 e. The number of carbonyl (C=O) groups excluding carboxylic acids is 1. The molecule has 5 nitrogen and oxygen atoms in total. The molecular weight excluding hydrogens is 352 g/mol. The molecule has 7 heteroatoms. The summed E-state index contributed by atoms with van der Waals surface area (Å²) in [6.07, 6.45) is 0. The molecule has 2 rings (SSSR count). The highest BCUT2D eigenvalue weighted by Gasteiger charge is 2.19. The number of thiazole rings is 1. The first-order chi connectivity index (χ1) is 10.0. The number of anilines is 2. The summed E-state index contributed by atoms with van der Waals surface area (Å²) in [6, 6.07) is 7.87. The van der Waals surface area contributed by atoms with Crippen molar-refractivity contribution in [3.8, 4) is 0 Å². The maximum absolute atomic E-state index is 12.4. The third kappa shape index (κ3) is 3.95. The van der Waals surface area contributed by atoms with Crippen LogP contribution < -0.4 is 11.1 Å². The quantitative estimate of drug-likeness (QED) is 0.849. The third-order valence-electron chi connectivity index (χ3n) is 2.83. The number of aromatic nitrogens is 1. The van der Waals surface area contributed by atoms with E-state index in [0.29, 0.717) is 16.6 Å². The van der Waals surface area contributed by atoms with Crippen molar-refractivity contribution in [2.75, 3.05) is 24.6 Å². The fraction of sp³-hybridized carbons (Fsp3) is 0.286. The van der Waals surface area contributed by atoms with Gasteiger partial charge in [-0.3, -0.25) is 4.79 Å². The Morgan fingerprint density at radius 3 is 2.95 bits per heavy atom. The SMILES string of the molecule is CCNc1nc(N)c(C(=O)N(C)Cc2cccc(Br)c2)s1. The van der Waals surface area contributed by atoms with Gasteiger partial charge in [-0.05, 0) is 24.6 Å². The summed E-state index contributed by atoms with van der Waals surface area (Å²) in [5.74, 6) is 0.163. The van der Waals surface area contributed by atoms with Crippen LogP contribution in [0.4, 0.5) is 10.9 Å². The van der Waals surface area contributed by atoms with Crippen LogP contribution in [0.25, 0.3) is 0 Å². The molecule has 0 unspecified atom stereocenters. The minimum absolute atomic E-state index is 0.117. The Hall–Kier alpha value is -1.60. The van der Waals surface area contributed by atoms with Crippen LogP contribution in [0.15, 0.2) is 28.7 Å². The first-order valence-corrected chi connectivity index (χ1v) is 8.12. The van der Waals surface area contributed by atoms with Crippen molar-refractivity contribution in [2.45, 2.75) is 13.5 Å². The second kappa shape index (κ2) is 6.91. The highest BCUT2D eigenvalue weighted by molar-refractivity contribution is 9.10. The molecule has 21 heavy (non-hydrogen) atoms. The number of amides is 1. The largest absolute Gasteiger partial charge is 0.382 e. The van der Waals surface area contributed by atoms with Crippen molar-refractivity contribution in [3.05, 3.63) is 39.2 Å². The number of carbonyl (C=O) groups is 1. The fourth-order valence-electron chi connectivity index (χ4n) is 1.87. The molecule has 0 saturated heterocycles. The molecule has 0 radical (unpaired) electrons. The molecule has 0 spiro atoms. The zero-order valence-corrected chi connectivity index (χ0v) is 14.3. The van der Waals surface area contributed by atoms with Crippen LogP contribution in [0.2, 0.25) is 0 Å². The van der Waals surface area contributed by atoms with Crippen LogP contribution in [0.3, 0.4) is 0 Å². The zero-order chi connectivity index (χ0) is 15.4. The lowest BCUT2D eigenvalue weighted by atomic mass is 10.2. The van der Waals surface area contributed by atoms with Crippen molar-refractivity contribution in [3.63, 3.8) is 0 Å². The van der Waals surface area contributed by atoms with Crippen molar-refractivity contribution in [2.24, 2.45) is 0 Å². The molecule has 1 heterocycles. The minimum Gasteiger partial charge on any atom is -0.382 e.